The lowest BCUT2D eigenvalue weighted by Gasteiger charge is -2.27. The van der Waals surface area contributed by atoms with E-state index in [4.69, 9.17) is 13.8 Å². The predicted octanol–water partition coefficient (Wildman–Crippen LogP) is 20.9. The summed E-state index contributed by atoms with van der Waals surface area (Å²) in [6.45, 7) is 7.05. The largest absolute Gasteiger partial charge is 0.472 e. The second kappa shape index (κ2) is 57.7. The van der Waals surface area contributed by atoms with E-state index in [1.165, 1.54) is 250 Å². The highest BCUT2D eigenvalue weighted by atomic mass is 31.2. The number of phosphoric acid groups is 1. The van der Waals surface area contributed by atoms with Crippen LogP contribution in [0, 0.1) is 0 Å². The van der Waals surface area contributed by atoms with Crippen LogP contribution in [-0.2, 0) is 27.9 Å². The summed E-state index contributed by atoms with van der Waals surface area (Å²) in [5, 5.41) is 3.06. The number of esters is 1. The van der Waals surface area contributed by atoms with Gasteiger partial charge in [0, 0.05) is 12.8 Å². The molecule has 0 radical (unpaired) electrons. The van der Waals surface area contributed by atoms with E-state index in [0.717, 1.165) is 57.8 Å². The summed E-state index contributed by atoms with van der Waals surface area (Å²) in [5.74, 6) is -0.486. The number of carbonyl (C=O) groups excluding carboxylic acids is 2. The molecule has 0 bridgehead atoms. The summed E-state index contributed by atoms with van der Waals surface area (Å²) >= 11 is 0. The number of amides is 1. The molecule has 0 aromatic carbocycles. The van der Waals surface area contributed by atoms with Crippen LogP contribution in [0.3, 0.4) is 0 Å². The van der Waals surface area contributed by atoms with E-state index < -0.39 is 20.0 Å². The number of phosphoric ester groups is 1. The Hall–Kier alpha value is -1.51. The molecule has 0 rings (SSSR count). The molecular formula is C67H132N2O7P+. The van der Waals surface area contributed by atoms with Gasteiger partial charge in [-0.1, -0.05) is 296 Å². The first kappa shape index (κ1) is 75.5. The quantitative estimate of drug-likeness (QED) is 0.0205. The van der Waals surface area contributed by atoms with Crippen LogP contribution in [0.2, 0.25) is 0 Å². The third kappa shape index (κ3) is 58.9. The van der Waals surface area contributed by atoms with Gasteiger partial charge in [-0.3, -0.25) is 18.6 Å². The molecule has 2 N–H and O–H groups in total. The fourth-order valence-corrected chi connectivity index (χ4v) is 10.9. The molecule has 9 nitrogen and oxygen atoms in total. The van der Waals surface area contributed by atoms with Crippen LogP contribution in [-0.4, -0.2) is 74.3 Å². The summed E-state index contributed by atoms with van der Waals surface area (Å²) < 4.78 is 30.7. The van der Waals surface area contributed by atoms with Crippen LogP contribution >= 0.6 is 7.82 Å². The van der Waals surface area contributed by atoms with Gasteiger partial charge < -0.3 is 19.4 Å². The fourth-order valence-electron chi connectivity index (χ4n) is 10.2. The van der Waals surface area contributed by atoms with Crippen molar-refractivity contribution in [2.24, 2.45) is 0 Å². The number of hydrogen-bond acceptors (Lipinski definition) is 6. The predicted molar refractivity (Wildman–Crippen MR) is 333 cm³/mol. The Balaban J connectivity index is 4.95. The Morgan fingerprint density at radius 2 is 0.753 bits per heavy atom. The molecule has 0 spiro atoms. The molecule has 0 heterocycles. The van der Waals surface area contributed by atoms with Gasteiger partial charge in [-0.05, 0) is 57.4 Å². The average molecular weight is 1110 g/mol. The molecule has 0 aliphatic heterocycles. The van der Waals surface area contributed by atoms with Crippen LogP contribution in [0.1, 0.15) is 342 Å². The topological polar surface area (TPSA) is 111 Å². The first-order chi connectivity index (χ1) is 37.4. The maximum atomic E-state index is 13.5. The molecule has 0 aliphatic rings. The van der Waals surface area contributed by atoms with Crippen molar-refractivity contribution in [3.8, 4) is 0 Å². The van der Waals surface area contributed by atoms with Crippen molar-refractivity contribution in [2.45, 2.75) is 354 Å². The zero-order chi connectivity index (χ0) is 56.4. The van der Waals surface area contributed by atoms with E-state index in [1.807, 2.05) is 33.3 Å². The smallest absolute Gasteiger partial charge is 0.456 e. The van der Waals surface area contributed by atoms with Crippen LogP contribution < -0.4 is 5.32 Å². The Morgan fingerprint density at radius 1 is 0.442 bits per heavy atom. The molecule has 77 heavy (non-hydrogen) atoms. The highest BCUT2D eigenvalue weighted by Gasteiger charge is 2.30. The van der Waals surface area contributed by atoms with Crippen molar-refractivity contribution in [1.82, 2.24) is 5.32 Å². The second-order valence-electron chi connectivity index (χ2n) is 24.4. The minimum absolute atomic E-state index is 0.0446. The van der Waals surface area contributed by atoms with E-state index >= 15 is 0 Å². The summed E-state index contributed by atoms with van der Waals surface area (Å²) in [7, 11) is 1.52. The van der Waals surface area contributed by atoms with Crippen molar-refractivity contribution in [1.29, 1.82) is 0 Å². The molecule has 3 atom stereocenters. The number of nitrogens with one attached hydrogen (secondary N) is 1. The van der Waals surface area contributed by atoms with Crippen molar-refractivity contribution in [2.75, 3.05) is 40.9 Å². The standard InChI is InChI=1S/C67H131N2O7P/c1-7-10-13-16-19-22-25-27-28-29-30-31-32-33-34-35-36-37-38-39-40-42-45-48-51-54-57-60-67(71)76-65(58-55-52-49-46-44-41-26-23-20-17-14-11-8-2)64(63-75-77(72,73)74-62-61-69(4,5)6)68-66(70)59-56-53-50-47-43-24-21-18-15-12-9-3/h27-28,55,58,64-65H,7-26,29-54,56-57,59-63H2,1-6H3,(H-,68,70,72,73)/p+1/b28-27+,58-55-. The second-order valence-corrected chi connectivity index (χ2v) is 25.8. The van der Waals surface area contributed by atoms with Crippen LogP contribution in [0.25, 0.3) is 0 Å². The zero-order valence-corrected chi connectivity index (χ0v) is 53.1. The molecule has 0 fully saturated rings. The SMILES string of the molecule is CCCCCCCC/C=C/CCCCCCCCCCCCCCCCCCCC(=O)OC(/C=C\CCCCCCCCCCCCC)C(COP(=O)(O)OCC[N+](C)(C)C)NC(=O)CCCCCCCCCCCCC. The Bertz CT molecular complexity index is 1370. The van der Waals surface area contributed by atoms with Gasteiger partial charge in [-0.15, -0.1) is 0 Å². The van der Waals surface area contributed by atoms with E-state index in [2.05, 4.69) is 38.2 Å². The lowest BCUT2D eigenvalue weighted by atomic mass is 10.0. The van der Waals surface area contributed by atoms with Gasteiger partial charge in [0.2, 0.25) is 5.91 Å². The van der Waals surface area contributed by atoms with Gasteiger partial charge in [0.15, 0.2) is 0 Å². The van der Waals surface area contributed by atoms with E-state index in [0.29, 0.717) is 23.9 Å². The van der Waals surface area contributed by atoms with Crippen molar-refractivity contribution in [3.05, 3.63) is 24.3 Å². The third-order valence-corrected chi connectivity index (χ3v) is 16.4. The van der Waals surface area contributed by atoms with Gasteiger partial charge >= 0.3 is 13.8 Å². The molecule has 3 unspecified atom stereocenters. The van der Waals surface area contributed by atoms with E-state index in [9.17, 15) is 19.0 Å². The molecule has 0 aromatic heterocycles. The lowest BCUT2D eigenvalue weighted by molar-refractivity contribution is -0.870. The molecule has 1 amide bonds. The third-order valence-electron chi connectivity index (χ3n) is 15.4. The first-order valence-electron chi connectivity index (χ1n) is 33.7. The number of nitrogens with zero attached hydrogens (tertiary/aromatic N) is 1. The maximum Gasteiger partial charge on any atom is 0.472 e. The molecule has 0 aromatic rings. The maximum absolute atomic E-state index is 13.5. The Labute approximate surface area is 479 Å². The molecule has 0 saturated heterocycles. The van der Waals surface area contributed by atoms with Crippen LogP contribution in [0.15, 0.2) is 24.3 Å². The van der Waals surface area contributed by atoms with Gasteiger partial charge in [-0.25, -0.2) is 4.57 Å². The Kier molecular flexibility index (Phi) is 56.6. The molecule has 456 valence electrons. The van der Waals surface area contributed by atoms with Gasteiger partial charge in [0.25, 0.3) is 0 Å². The molecular weight excluding hydrogens is 976 g/mol. The van der Waals surface area contributed by atoms with E-state index in [1.54, 1.807) is 0 Å². The number of rotatable bonds is 62. The average Bonchev–Trinajstić information content (AvgIpc) is 3.39. The molecule has 0 aliphatic carbocycles. The van der Waals surface area contributed by atoms with Gasteiger partial charge in [0.05, 0.1) is 33.8 Å². The van der Waals surface area contributed by atoms with Gasteiger partial charge in [0.1, 0.15) is 19.3 Å². The summed E-state index contributed by atoms with van der Waals surface area (Å²) in [6.07, 6.45) is 69.1. The number of unbranched alkanes of at least 4 members (excludes halogenated alkanes) is 44. The number of carbonyl (C=O) groups is 2. The highest BCUT2D eigenvalue weighted by Crippen LogP contribution is 2.43. The molecule has 0 saturated carbocycles. The molecule has 10 heteroatoms. The fraction of sp³-hybridized carbons (Fsp3) is 0.910. The number of likely N-dealkylation sites (N-methyl/N-ethyl adjacent to an activating group) is 1. The lowest BCUT2D eigenvalue weighted by Crippen LogP contribution is -2.47. The van der Waals surface area contributed by atoms with Crippen molar-refractivity contribution < 1.29 is 37.3 Å². The zero-order valence-electron chi connectivity index (χ0n) is 52.2. The van der Waals surface area contributed by atoms with Gasteiger partial charge in [-0.2, -0.15) is 0 Å². The summed E-state index contributed by atoms with van der Waals surface area (Å²) in [5.41, 5.74) is 0. The monoisotopic (exact) mass is 1110 g/mol. The van der Waals surface area contributed by atoms with Crippen molar-refractivity contribution >= 4 is 19.7 Å². The van der Waals surface area contributed by atoms with Crippen LogP contribution in [0.4, 0.5) is 0 Å². The van der Waals surface area contributed by atoms with Crippen molar-refractivity contribution in [3.63, 3.8) is 0 Å². The number of ether oxygens (including phenoxy) is 1. The Morgan fingerprint density at radius 3 is 1.10 bits per heavy atom. The summed E-state index contributed by atoms with van der Waals surface area (Å²) in [6, 6.07) is -0.841. The number of quaternary nitrogens is 1. The van der Waals surface area contributed by atoms with E-state index in [-0.39, 0.29) is 25.1 Å². The minimum Gasteiger partial charge on any atom is -0.456 e. The van der Waals surface area contributed by atoms with Crippen LogP contribution in [0.5, 0.6) is 0 Å². The normalized spacial score (nSPS) is 13.7. The highest BCUT2D eigenvalue weighted by molar-refractivity contribution is 7.47. The minimum atomic E-state index is -4.44. The number of hydrogen-bond donors (Lipinski definition) is 2. The number of allylic oxidation sites excluding steroid dienone is 3. The first-order valence-corrected chi connectivity index (χ1v) is 35.2. The summed E-state index contributed by atoms with van der Waals surface area (Å²) in [4.78, 5) is 37.7.